The van der Waals surface area contributed by atoms with Gasteiger partial charge in [0.25, 0.3) is 5.91 Å². The Balaban J connectivity index is 1.88. The van der Waals surface area contributed by atoms with Crippen molar-refractivity contribution in [2.24, 2.45) is 0 Å². The van der Waals surface area contributed by atoms with E-state index in [1.165, 1.54) is 24.3 Å². The fourth-order valence-electron chi connectivity index (χ4n) is 2.58. The normalized spacial score (nSPS) is 11.3. The van der Waals surface area contributed by atoms with E-state index in [1.807, 2.05) is 32.0 Å². The van der Waals surface area contributed by atoms with Crippen LogP contribution in [0.4, 0.5) is 0 Å². The summed E-state index contributed by atoms with van der Waals surface area (Å²) in [6, 6.07) is 11.1. The Morgan fingerprint density at radius 2 is 1.69 bits per heavy atom. The molecule has 0 fully saturated rings. The summed E-state index contributed by atoms with van der Waals surface area (Å²) in [5.41, 5.74) is 3.26. The quantitative estimate of drug-likeness (QED) is 0.641. The van der Waals surface area contributed by atoms with E-state index in [2.05, 4.69) is 10.0 Å². The van der Waals surface area contributed by atoms with E-state index >= 15 is 0 Å². The average Bonchev–Trinajstić information content (AvgIpc) is 2.66. The van der Waals surface area contributed by atoms with Gasteiger partial charge in [-0.05, 0) is 63.1 Å². The largest absolute Gasteiger partial charge is 0.459 e. The molecule has 29 heavy (non-hydrogen) atoms. The molecule has 0 atom stereocenters. The molecule has 0 spiro atoms. The molecule has 2 N–H and O–H groups in total. The molecule has 0 radical (unpaired) electrons. The molecule has 0 unspecified atom stereocenters. The Kier molecular flexibility index (Phi) is 7.53. The number of carbonyl (C=O) groups is 2. The number of amides is 1. The number of carbonyl (C=O) groups excluding carboxylic acids is 2. The van der Waals surface area contributed by atoms with Crippen LogP contribution in [0.3, 0.4) is 0 Å². The van der Waals surface area contributed by atoms with Crippen LogP contribution in [0.1, 0.15) is 40.9 Å². The first-order valence-electron chi connectivity index (χ1n) is 9.21. The van der Waals surface area contributed by atoms with Crippen molar-refractivity contribution in [3.05, 3.63) is 64.7 Å². The number of benzene rings is 2. The third-order valence-electron chi connectivity index (χ3n) is 4.10. The minimum absolute atomic E-state index is 0.0654. The van der Waals surface area contributed by atoms with Crippen LogP contribution < -0.4 is 10.0 Å². The number of ether oxygens (including phenoxy) is 1. The van der Waals surface area contributed by atoms with Gasteiger partial charge in [-0.3, -0.25) is 9.59 Å². The molecule has 0 bridgehead atoms. The summed E-state index contributed by atoms with van der Waals surface area (Å²) >= 11 is 0. The summed E-state index contributed by atoms with van der Waals surface area (Å²) in [6.07, 6.45) is 0. The van der Waals surface area contributed by atoms with Crippen molar-refractivity contribution in [1.82, 2.24) is 10.0 Å². The molecule has 2 aromatic rings. The fourth-order valence-corrected chi connectivity index (χ4v) is 3.83. The van der Waals surface area contributed by atoms with E-state index in [9.17, 15) is 18.0 Å². The van der Waals surface area contributed by atoms with E-state index in [0.29, 0.717) is 0 Å². The molecule has 0 aliphatic rings. The van der Waals surface area contributed by atoms with E-state index in [-0.39, 0.29) is 29.7 Å². The molecule has 0 aliphatic heterocycles. The van der Waals surface area contributed by atoms with Crippen LogP contribution in [0.25, 0.3) is 0 Å². The average molecular weight is 419 g/mol. The third-order valence-corrected chi connectivity index (χ3v) is 5.78. The van der Waals surface area contributed by atoms with Gasteiger partial charge >= 0.3 is 5.97 Å². The van der Waals surface area contributed by atoms with Crippen LogP contribution in [0.2, 0.25) is 0 Å². The molecule has 156 valence electrons. The second kappa shape index (κ2) is 9.67. The lowest BCUT2D eigenvalue weighted by Gasteiger charge is -2.11. The van der Waals surface area contributed by atoms with Gasteiger partial charge in [0.1, 0.15) is 13.2 Å². The molecule has 2 aromatic carbocycles. The zero-order chi connectivity index (χ0) is 21.6. The van der Waals surface area contributed by atoms with Crippen molar-refractivity contribution in [1.29, 1.82) is 0 Å². The predicted molar refractivity (Wildman–Crippen MR) is 110 cm³/mol. The highest BCUT2D eigenvalue weighted by molar-refractivity contribution is 7.89. The van der Waals surface area contributed by atoms with Gasteiger partial charge in [-0.25, -0.2) is 13.1 Å². The minimum Gasteiger partial charge on any atom is -0.459 e. The van der Waals surface area contributed by atoms with Crippen molar-refractivity contribution in [3.63, 3.8) is 0 Å². The lowest BCUT2D eigenvalue weighted by molar-refractivity contribution is -0.143. The number of esters is 1. The molecular formula is C21H26N2O5S. The Bertz CT molecular complexity index is 983. The SMILES string of the molecule is Cc1ccc(C)c(COC(=O)CNC(=O)c2ccc(S(=O)(=O)NC(C)C)cc2)c1. The van der Waals surface area contributed by atoms with Gasteiger partial charge in [-0.1, -0.05) is 23.8 Å². The minimum atomic E-state index is -3.62. The summed E-state index contributed by atoms with van der Waals surface area (Å²) < 4.78 is 31.9. The Hall–Kier alpha value is -2.71. The van der Waals surface area contributed by atoms with Crippen molar-refractivity contribution in [3.8, 4) is 0 Å². The molecule has 0 saturated heterocycles. The fraction of sp³-hybridized carbons (Fsp3) is 0.333. The highest BCUT2D eigenvalue weighted by Gasteiger charge is 2.16. The number of nitrogens with one attached hydrogen (secondary N) is 2. The van der Waals surface area contributed by atoms with Gasteiger partial charge < -0.3 is 10.1 Å². The van der Waals surface area contributed by atoms with Crippen LogP contribution in [0, 0.1) is 13.8 Å². The van der Waals surface area contributed by atoms with Crippen LogP contribution in [-0.2, 0) is 26.2 Å². The van der Waals surface area contributed by atoms with Gasteiger partial charge in [-0.2, -0.15) is 0 Å². The van der Waals surface area contributed by atoms with Gasteiger partial charge in [0.2, 0.25) is 10.0 Å². The molecule has 2 rings (SSSR count). The van der Waals surface area contributed by atoms with E-state index in [1.54, 1.807) is 13.8 Å². The monoisotopic (exact) mass is 418 g/mol. The van der Waals surface area contributed by atoms with Crippen molar-refractivity contribution >= 4 is 21.9 Å². The Labute approximate surface area is 171 Å². The molecule has 7 nitrogen and oxygen atoms in total. The summed E-state index contributed by atoms with van der Waals surface area (Å²) in [4.78, 5) is 24.2. The predicted octanol–water partition coefficient (Wildman–Crippen LogP) is 2.46. The first-order chi connectivity index (χ1) is 13.6. The number of rotatable bonds is 8. The maximum atomic E-state index is 12.2. The molecule has 8 heteroatoms. The summed E-state index contributed by atoms with van der Waals surface area (Å²) in [5.74, 6) is -1.05. The zero-order valence-corrected chi connectivity index (χ0v) is 17.8. The summed E-state index contributed by atoms with van der Waals surface area (Å²) in [5, 5.41) is 2.47. The summed E-state index contributed by atoms with van der Waals surface area (Å²) in [7, 11) is -3.62. The van der Waals surface area contributed by atoms with Gasteiger partial charge in [-0.15, -0.1) is 0 Å². The number of aryl methyl sites for hydroxylation is 2. The van der Waals surface area contributed by atoms with Gasteiger partial charge in [0.15, 0.2) is 0 Å². The van der Waals surface area contributed by atoms with Crippen LogP contribution in [0.15, 0.2) is 47.4 Å². The Morgan fingerprint density at radius 1 is 1.03 bits per heavy atom. The van der Waals surface area contributed by atoms with Crippen LogP contribution >= 0.6 is 0 Å². The lowest BCUT2D eigenvalue weighted by Crippen LogP contribution is -2.31. The third kappa shape index (κ3) is 6.69. The highest BCUT2D eigenvalue weighted by Crippen LogP contribution is 2.12. The summed E-state index contributed by atoms with van der Waals surface area (Å²) in [6.45, 7) is 7.19. The first-order valence-corrected chi connectivity index (χ1v) is 10.7. The zero-order valence-electron chi connectivity index (χ0n) is 17.0. The maximum absolute atomic E-state index is 12.2. The van der Waals surface area contributed by atoms with E-state index < -0.39 is 21.9 Å². The molecule has 0 aliphatic carbocycles. The number of sulfonamides is 1. The molecule has 0 aromatic heterocycles. The Morgan fingerprint density at radius 3 is 2.31 bits per heavy atom. The van der Waals surface area contributed by atoms with Crippen molar-refractivity contribution in [2.75, 3.05) is 6.54 Å². The van der Waals surface area contributed by atoms with E-state index in [0.717, 1.165) is 16.7 Å². The molecule has 0 saturated carbocycles. The lowest BCUT2D eigenvalue weighted by atomic mass is 10.1. The number of hydrogen-bond donors (Lipinski definition) is 2. The van der Waals surface area contributed by atoms with Crippen molar-refractivity contribution in [2.45, 2.75) is 45.2 Å². The molecule has 0 heterocycles. The van der Waals surface area contributed by atoms with Gasteiger partial charge in [0.05, 0.1) is 4.90 Å². The van der Waals surface area contributed by atoms with Crippen molar-refractivity contribution < 1.29 is 22.7 Å². The highest BCUT2D eigenvalue weighted by atomic mass is 32.2. The molecule has 1 amide bonds. The van der Waals surface area contributed by atoms with Gasteiger partial charge in [0, 0.05) is 11.6 Å². The second-order valence-electron chi connectivity index (χ2n) is 7.07. The second-order valence-corrected chi connectivity index (χ2v) is 8.79. The smallest absolute Gasteiger partial charge is 0.325 e. The number of hydrogen-bond acceptors (Lipinski definition) is 5. The van der Waals surface area contributed by atoms with E-state index in [4.69, 9.17) is 4.74 Å². The maximum Gasteiger partial charge on any atom is 0.325 e. The molecular weight excluding hydrogens is 392 g/mol. The standard InChI is InChI=1S/C21H26N2O5S/c1-14(2)23-29(26,27)19-9-7-17(8-10-19)21(25)22-12-20(24)28-13-18-11-15(3)5-6-16(18)4/h5-11,14,23H,12-13H2,1-4H3,(H,22,25). The van der Waals surface area contributed by atoms with Crippen LogP contribution in [0.5, 0.6) is 0 Å². The van der Waals surface area contributed by atoms with Crippen LogP contribution in [-0.4, -0.2) is 32.9 Å². The topological polar surface area (TPSA) is 102 Å². The first kappa shape index (κ1) is 22.6.